The van der Waals surface area contributed by atoms with Crippen molar-refractivity contribution >= 4 is 0 Å². The number of aromatic nitrogens is 1. The summed E-state index contributed by atoms with van der Waals surface area (Å²) in [6.07, 6.45) is 2.95. The number of pyridine rings is 1. The van der Waals surface area contributed by atoms with Gasteiger partial charge in [0.05, 0.1) is 0 Å². The van der Waals surface area contributed by atoms with Crippen molar-refractivity contribution in [2.75, 3.05) is 0 Å². The molecule has 3 heteroatoms. The van der Waals surface area contributed by atoms with Crippen molar-refractivity contribution in [2.45, 2.75) is 0 Å². The van der Waals surface area contributed by atoms with Crippen molar-refractivity contribution in [3.05, 3.63) is 24.5 Å². The van der Waals surface area contributed by atoms with Crippen LogP contribution in [0.1, 0.15) is 0 Å². The molecule has 0 aliphatic rings. The zero-order chi connectivity index (χ0) is 5.11. The fraction of sp³-hybridized carbons (Fsp3) is 0. The molecule has 0 saturated carbocycles. The zero-order valence-electron chi connectivity index (χ0n) is 3.97. The third-order valence-electron chi connectivity index (χ3n) is 0.650. The quantitative estimate of drug-likeness (QED) is 0.561. The maximum atomic E-state index is 10.2. The Morgan fingerprint density at radius 1 is 1.25 bits per heavy atom. The van der Waals surface area contributed by atoms with E-state index in [9.17, 15) is 5.11 Å². The van der Waals surface area contributed by atoms with Crippen LogP contribution in [0.15, 0.2) is 24.5 Å². The van der Waals surface area contributed by atoms with Gasteiger partial charge in [-0.3, -0.25) is 4.98 Å². The van der Waals surface area contributed by atoms with Gasteiger partial charge in [-0.2, -0.15) is 0 Å². The Hall–Kier alpha value is -0.310. The second-order valence-corrected chi connectivity index (χ2v) is 1.18. The normalized spacial score (nSPS) is 7.50. The Bertz CT molecular complexity index is 142. The average Bonchev–Trinajstić information content (AvgIpc) is 1.69. The smallest absolute Gasteiger partial charge is 0.872 e. The van der Waals surface area contributed by atoms with Gasteiger partial charge in [0.2, 0.25) is 0 Å². The minimum Gasteiger partial charge on any atom is -0.872 e. The summed E-state index contributed by atoms with van der Waals surface area (Å²) >= 11 is 0. The van der Waals surface area contributed by atoms with Crippen LogP contribution in [0.5, 0.6) is 5.75 Å². The molecule has 1 heterocycles. The van der Waals surface area contributed by atoms with E-state index < -0.39 is 0 Å². The molecule has 2 nitrogen and oxygen atoms in total. The molecule has 1 aromatic rings. The molecule has 0 aliphatic carbocycles. The third kappa shape index (κ3) is 2.12. The summed E-state index contributed by atoms with van der Waals surface area (Å²) in [6.45, 7) is 0. The maximum absolute atomic E-state index is 10.2. The molecule has 0 atom stereocenters. The molecule has 0 spiro atoms. The molecule has 0 aromatic carbocycles. The van der Waals surface area contributed by atoms with Gasteiger partial charge >= 0.3 is 22.4 Å². The molecule has 0 bridgehead atoms. The van der Waals surface area contributed by atoms with Gasteiger partial charge in [0.25, 0.3) is 0 Å². The van der Waals surface area contributed by atoms with Crippen molar-refractivity contribution in [2.24, 2.45) is 0 Å². The van der Waals surface area contributed by atoms with Crippen LogP contribution in [-0.2, 0) is 22.4 Å². The second kappa shape index (κ2) is 3.66. The number of nitrogens with zero attached hydrogens (tertiary/aromatic N) is 1. The van der Waals surface area contributed by atoms with Gasteiger partial charge in [0, 0.05) is 12.4 Å². The van der Waals surface area contributed by atoms with Crippen molar-refractivity contribution < 1.29 is 27.5 Å². The minimum atomic E-state index is 0. The zero-order valence-corrected chi connectivity index (χ0v) is 5.45. The van der Waals surface area contributed by atoms with E-state index in [-0.39, 0.29) is 28.1 Å². The largest absolute Gasteiger partial charge is 1.00 e. The van der Waals surface area contributed by atoms with E-state index in [2.05, 4.69) is 4.98 Å². The summed E-state index contributed by atoms with van der Waals surface area (Å²) in [5.41, 5.74) is 0. The Kier molecular flexibility index (Phi) is 3.52. The van der Waals surface area contributed by atoms with E-state index in [0.717, 1.165) is 0 Å². The minimum absolute atomic E-state index is 0. The van der Waals surface area contributed by atoms with Gasteiger partial charge in [0.1, 0.15) is 0 Å². The first kappa shape index (κ1) is 7.69. The Balaban J connectivity index is 0.000000490. The van der Waals surface area contributed by atoms with Crippen LogP contribution in [0, 0.1) is 0 Å². The summed E-state index contributed by atoms with van der Waals surface area (Å²) in [5, 5.41) is 10.2. The predicted octanol–water partition coefficient (Wildman–Crippen LogP) is 0.153. The first-order valence-corrected chi connectivity index (χ1v) is 1.96. The Morgan fingerprint density at radius 3 is 2.00 bits per heavy atom. The fourth-order valence-corrected chi connectivity index (χ4v) is 0.338. The van der Waals surface area contributed by atoms with Crippen molar-refractivity contribution in [3.8, 4) is 5.75 Å². The van der Waals surface area contributed by atoms with E-state index in [4.69, 9.17) is 0 Å². The van der Waals surface area contributed by atoms with E-state index in [1.165, 1.54) is 24.5 Å². The third-order valence-corrected chi connectivity index (χ3v) is 0.650. The van der Waals surface area contributed by atoms with E-state index in [1.807, 2.05) is 0 Å². The van der Waals surface area contributed by atoms with E-state index in [0.29, 0.717) is 0 Å². The summed E-state index contributed by atoms with van der Waals surface area (Å²) in [6, 6.07) is 2.83. The monoisotopic (exact) mass is 201 g/mol. The molecule has 0 N–H and O–H groups in total. The summed E-state index contributed by atoms with van der Waals surface area (Å²) in [7, 11) is 0. The van der Waals surface area contributed by atoms with Gasteiger partial charge in [0.15, 0.2) is 0 Å². The van der Waals surface area contributed by atoms with Gasteiger partial charge in [-0.1, -0.05) is 12.1 Å². The van der Waals surface area contributed by atoms with Crippen LogP contribution >= 0.6 is 0 Å². The molecule has 8 heavy (non-hydrogen) atoms. The first-order valence-electron chi connectivity index (χ1n) is 1.96. The number of hydrogen-bond acceptors (Lipinski definition) is 2. The van der Waals surface area contributed by atoms with Crippen LogP contribution in [0.3, 0.4) is 0 Å². The molecule has 1 rings (SSSR count). The van der Waals surface area contributed by atoms with E-state index >= 15 is 0 Å². The molecule has 0 aliphatic heterocycles. The molecule has 1 aromatic heterocycles. The predicted molar refractivity (Wildman–Crippen MR) is 23.7 cm³/mol. The molecule has 0 saturated heterocycles. The maximum Gasteiger partial charge on any atom is 1.00 e. The van der Waals surface area contributed by atoms with Crippen LogP contribution in [0.25, 0.3) is 0 Å². The molecule has 0 unspecified atom stereocenters. The van der Waals surface area contributed by atoms with Crippen LogP contribution in [-0.4, -0.2) is 4.98 Å². The molecular weight excluding hydrogens is 198 g/mol. The number of rotatable bonds is 0. The van der Waals surface area contributed by atoms with E-state index in [1.54, 1.807) is 0 Å². The Morgan fingerprint density at radius 2 is 1.75 bits per heavy atom. The van der Waals surface area contributed by atoms with Gasteiger partial charge in [-0.05, 0) is 0 Å². The SMILES string of the molecule is [Ag+].[O-]c1ccncc1. The summed E-state index contributed by atoms with van der Waals surface area (Å²) in [5.74, 6) is 0.00926. The summed E-state index contributed by atoms with van der Waals surface area (Å²) < 4.78 is 0. The van der Waals surface area contributed by atoms with Crippen molar-refractivity contribution in [3.63, 3.8) is 0 Å². The average molecular weight is 202 g/mol. The van der Waals surface area contributed by atoms with Crippen LogP contribution in [0.2, 0.25) is 0 Å². The topological polar surface area (TPSA) is 36.0 Å². The van der Waals surface area contributed by atoms with Crippen LogP contribution in [0.4, 0.5) is 0 Å². The van der Waals surface area contributed by atoms with Crippen molar-refractivity contribution in [1.29, 1.82) is 0 Å². The standard InChI is InChI=1S/C5H5NO.Ag/c7-5-1-3-6-4-2-5;/h1-4H,(H,6,7);/q;+1/p-1. The van der Waals surface area contributed by atoms with Gasteiger partial charge in [-0.25, -0.2) is 0 Å². The number of hydrogen-bond donors (Lipinski definition) is 0. The molecule has 46 valence electrons. The molecular formula is C5H4AgNO. The Labute approximate surface area is 63.1 Å². The second-order valence-electron chi connectivity index (χ2n) is 1.18. The van der Waals surface area contributed by atoms with Gasteiger partial charge < -0.3 is 5.11 Å². The molecule has 0 fully saturated rings. The fourth-order valence-electron chi connectivity index (χ4n) is 0.338. The first-order chi connectivity index (χ1) is 3.39. The van der Waals surface area contributed by atoms with Crippen LogP contribution < -0.4 is 5.11 Å². The van der Waals surface area contributed by atoms with Gasteiger partial charge in [-0.15, -0.1) is 5.75 Å². The van der Waals surface area contributed by atoms with Crippen molar-refractivity contribution in [1.82, 2.24) is 4.98 Å². The molecule has 0 radical (unpaired) electrons. The summed E-state index contributed by atoms with van der Waals surface area (Å²) in [4.78, 5) is 3.65. The molecule has 0 amide bonds.